The normalized spacial score (nSPS) is 13.8. The molecule has 0 fully saturated rings. The second-order valence-electron chi connectivity index (χ2n) is 12.5. The van der Waals surface area contributed by atoms with Crippen LogP contribution in [0.5, 0.6) is 0 Å². The van der Waals surface area contributed by atoms with Crippen molar-refractivity contribution in [3.63, 3.8) is 0 Å². The molecule has 45 heavy (non-hydrogen) atoms. The highest BCUT2D eigenvalue weighted by Gasteiger charge is 2.33. The van der Waals surface area contributed by atoms with Crippen LogP contribution >= 0.6 is 0 Å². The maximum Gasteiger partial charge on any atom is 0.297 e. The average molecular weight is 609 g/mol. The number of rotatable bonds is 8. The van der Waals surface area contributed by atoms with E-state index in [-0.39, 0.29) is 26.4 Å². The first kappa shape index (κ1) is 37.2. The van der Waals surface area contributed by atoms with Crippen molar-refractivity contribution < 1.29 is 19.2 Å². The number of benzene rings is 2. The predicted octanol–water partition coefficient (Wildman–Crippen LogP) is 8.94. The van der Waals surface area contributed by atoms with Crippen LogP contribution in [0.15, 0.2) is 11.1 Å². The zero-order chi connectivity index (χ0) is 31.9. The predicted molar refractivity (Wildman–Crippen MR) is 187 cm³/mol. The van der Waals surface area contributed by atoms with Crippen LogP contribution in [0.2, 0.25) is 0 Å². The van der Waals surface area contributed by atoms with Crippen molar-refractivity contribution in [2.45, 2.75) is 129 Å². The van der Waals surface area contributed by atoms with Gasteiger partial charge in [-0.2, -0.15) is 9.58 Å². The van der Waals surface area contributed by atoms with Gasteiger partial charge in [0.2, 0.25) is 0 Å². The lowest BCUT2D eigenvalue weighted by Crippen LogP contribution is -2.22. The highest BCUT2D eigenvalue weighted by atomic mass is 16.1. The molecule has 6 nitrogen and oxygen atoms in total. The molecule has 6 heteroatoms. The van der Waals surface area contributed by atoms with E-state index in [1.807, 2.05) is 13.8 Å². The number of allylic oxidation sites excluding steroid dienone is 4. The number of nitrogens with zero attached hydrogens (tertiary/aromatic N) is 4. The van der Waals surface area contributed by atoms with Gasteiger partial charge in [0.15, 0.2) is 11.6 Å². The lowest BCUT2D eigenvalue weighted by Gasteiger charge is -2.27. The monoisotopic (exact) mass is 608 g/mol. The Hall–Kier alpha value is -3.98. The van der Waals surface area contributed by atoms with Gasteiger partial charge in [0, 0.05) is 37.8 Å². The van der Waals surface area contributed by atoms with Crippen LogP contribution in [0, 0.1) is 41.5 Å². The first-order valence-electron chi connectivity index (χ1n) is 15.4. The summed E-state index contributed by atoms with van der Waals surface area (Å²) < 4.78 is 0. The summed E-state index contributed by atoms with van der Waals surface area (Å²) in [6, 6.07) is 0. The number of Topliss-reactive ketones (excluding diaryl/α,β-unsaturated/α-hetero) is 2. The third-order valence-corrected chi connectivity index (χ3v) is 10.3. The van der Waals surface area contributed by atoms with Gasteiger partial charge in [0.1, 0.15) is 0 Å². The lowest BCUT2D eigenvalue weighted by molar-refractivity contribution is -0.115. The van der Waals surface area contributed by atoms with Crippen molar-refractivity contribution in [3.05, 3.63) is 89.0 Å². The minimum Gasteiger partial charge on any atom is -0.361 e. The standard InChI is InChI=1S/C37H44N4O2.2CH4/c1-18-20(3)36-30(16-32(42)24(7)34(36)26(9)40-38)22(5)28(18)14-12-11-13-15-29-19(2)21(4)37-31(23(29)6)17-33(43)25(8)35(37)27(10)41-39;;/h11-17H2,1-10H3;2*1H4. The molecule has 0 atom stereocenters. The Morgan fingerprint density at radius 1 is 0.556 bits per heavy atom. The molecule has 0 spiro atoms. The summed E-state index contributed by atoms with van der Waals surface area (Å²) >= 11 is 0. The summed E-state index contributed by atoms with van der Waals surface area (Å²) in [5.74, 6) is 0.180. The van der Waals surface area contributed by atoms with E-state index in [1.165, 1.54) is 33.4 Å². The Balaban J connectivity index is 0.00000353. The molecule has 0 saturated carbocycles. The average Bonchev–Trinajstić information content (AvgIpc) is 2.98. The van der Waals surface area contributed by atoms with Crippen molar-refractivity contribution in [2.24, 2.45) is 0 Å². The van der Waals surface area contributed by atoms with E-state index in [2.05, 4.69) is 51.1 Å². The van der Waals surface area contributed by atoms with Crippen molar-refractivity contribution in [2.75, 3.05) is 0 Å². The molecule has 2 aliphatic rings. The molecule has 0 N–H and O–H groups in total. The number of unbranched alkanes of at least 4 members (excludes halogenated alkanes) is 2. The van der Waals surface area contributed by atoms with Gasteiger partial charge >= 0.3 is 0 Å². The highest BCUT2D eigenvalue weighted by Crippen LogP contribution is 2.40. The number of carbonyl (C=O) groups excluding carboxylic acids is 2. The molecule has 2 aromatic carbocycles. The minimum atomic E-state index is 0. The van der Waals surface area contributed by atoms with Crippen molar-refractivity contribution in [1.29, 1.82) is 0 Å². The van der Waals surface area contributed by atoms with Gasteiger partial charge in [-0.25, -0.2) is 0 Å². The molecular formula is C39H52N4O2. The Morgan fingerprint density at radius 3 is 1.20 bits per heavy atom. The maximum atomic E-state index is 12.9. The van der Waals surface area contributed by atoms with E-state index < -0.39 is 0 Å². The molecule has 0 unspecified atom stereocenters. The Bertz CT molecular complexity index is 1640. The fourth-order valence-electron chi connectivity index (χ4n) is 7.48. The van der Waals surface area contributed by atoms with Gasteiger partial charge in [-0.3, -0.25) is 9.59 Å². The molecule has 2 aliphatic carbocycles. The van der Waals surface area contributed by atoms with Gasteiger partial charge in [0.05, 0.1) is 11.1 Å². The zero-order valence-corrected chi connectivity index (χ0v) is 27.6. The Labute approximate surface area is 270 Å². The largest absolute Gasteiger partial charge is 0.361 e. The smallest absolute Gasteiger partial charge is 0.297 e. The van der Waals surface area contributed by atoms with Crippen molar-refractivity contribution >= 4 is 34.1 Å². The third kappa shape index (κ3) is 6.27. The SMILES string of the molecule is C.C.CC(=[N+]=[N-])C1=C(C)C(=O)Cc2c(C)c(CCCCCc3c(C)c(C)c4c(c3C)CC(=O)C(C)=C4C(C)=[N+]=[N-])c(C)c(C)c21. The fourth-order valence-corrected chi connectivity index (χ4v) is 7.48. The van der Waals surface area contributed by atoms with Crippen LogP contribution < -0.4 is 0 Å². The number of ketones is 2. The summed E-state index contributed by atoms with van der Waals surface area (Å²) in [5, 5.41) is 0. The molecule has 4 rings (SSSR count). The van der Waals surface area contributed by atoms with Crippen LogP contribution in [-0.4, -0.2) is 32.6 Å². The van der Waals surface area contributed by atoms with E-state index in [0.29, 0.717) is 35.4 Å². The molecule has 2 aromatic rings. The Kier molecular flexibility index (Phi) is 11.9. The molecule has 240 valence electrons. The topological polar surface area (TPSA) is 107 Å². The molecular weight excluding hydrogens is 556 g/mol. The molecule has 0 heterocycles. The van der Waals surface area contributed by atoms with Crippen molar-refractivity contribution in [1.82, 2.24) is 0 Å². The van der Waals surface area contributed by atoms with Crippen LogP contribution in [0.25, 0.3) is 22.2 Å². The molecule has 0 aliphatic heterocycles. The van der Waals surface area contributed by atoms with Crippen LogP contribution in [0.4, 0.5) is 0 Å². The number of fused-ring (bicyclic) bond motifs is 2. The number of carbonyl (C=O) groups is 2. The molecule has 0 saturated heterocycles. The summed E-state index contributed by atoms with van der Waals surface area (Å²) in [5.41, 5.74) is 37.0. The summed E-state index contributed by atoms with van der Waals surface area (Å²) in [6.07, 6.45) is 5.85. The third-order valence-electron chi connectivity index (χ3n) is 10.3. The zero-order valence-electron chi connectivity index (χ0n) is 27.6. The second-order valence-corrected chi connectivity index (χ2v) is 12.5. The van der Waals surface area contributed by atoms with Crippen LogP contribution in [0.1, 0.15) is 129 Å². The van der Waals surface area contributed by atoms with E-state index in [9.17, 15) is 20.7 Å². The van der Waals surface area contributed by atoms with Gasteiger partial charge < -0.3 is 11.1 Å². The summed E-state index contributed by atoms with van der Waals surface area (Å²) in [4.78, 5) is 32.7. The number of hydrogen-bond donors (Lipinski definition) is 0. The first-order chi connectivity index (χ1) is 20.3. The Morgan fingerprint density at radius 2 is 0.889 bits per heavy atom. The summed E-state index contributed by atoms with van der Waals surface area (Å²) in [6.45, 7) is 20.0. The second kappa shape index (κ2) is 14.4. The molecule has 0 aromatic heterocycles. The van der Waals surface area contributed by atoms with Crippen LogP contribution in [0.3, 0.4) is 0 Å². The summed E-state index contributed by atoms with van der Waals surface area (Å²) in [7, 11) is 0. The van der Waals surface area contributed by atoms with E-state index >= 15 is 0 Å². The minimum absolute atomic E-state index is 0. The van der Waals surface area contributed by atoms with Gasteiger partial charge in [-0.05, 0) is 148 Å². The highest BCUT2D eigenvalue weighted by molar-refractivity contribution is 6.29. The van der Waals surface area contributed by atoms with Gasteiger partial charge in [-0.1, -0.05) is 21.3 Å². The van der Waals surface area contributed by atoms with Crippen LogP contribution in [-0.2, 0) is 35.3 Å². The van der Waals surface area contributed by atoms with Crippen molar-refractivity contribution in [3.8, 4) is 0 Å². The van der Waals surface area contributed by atoms with E-state index in [1.54, 1.807) is 13.8 Å². The van der Waals surface area contributed by atoms with E-state index in [0.717, 1.165) is 76.6 Å². The van der Waals surface area contributed by atoms with Gasteiger partial charge in [-0.15, -0.1) is 0 Å². The van der Waals surface area contributed by atoms with Gasteiger partial charge in [0.25, 0.3) is 11.4 Å². The molecule has 0 amide bonds. The maximum absolute atomic E-state index is 12.9. The number of hydrogen-bond acceptors (Lipinski definition) is 2. The molecule has 0 radical (unpaired) electrons. The molecule has 0 bridgehead atoms. The fraction of sp³-hybridized carbons (Fsp3) is 0.487. The first-order valence-corrected chi connectivity index (χ1v) is 15.4. The quantitative estimate of drug-likeness (QED) is 0.129. The van der Waals surface area contributed by atoms with E-state index in [4.69, 9.17) is 0 Å². The lowest BCUT2D eigenvalue weighted by atomic mass is 9.75.